The largest absolute Gasteiger partial charge is 0.282 e. The molecule has 1 heterocycles. The molecule has 106 valence electrons. The van der Waals surface area contributed by atoms with Gasteiger partial charge in [-0.25, -0.2) is 0 Å². The summed E-state index contributed by atoms with van der Waals surface area (Å²) in [5.74, 6) is -0.201. The van der Waals surface area contributed by atoms with E-state index in [4.69, 9.17) is 16.9 Å². The lowest BCUT2D eigenvalue weighted by atomic mass is 10.2. The first-order valence-corrected chi connectivity index (χ1v) is 7.05. The number of carbonyl (C=O) groups is 1. The minimum atomic E-state index is -0.201. The van der Waals surface area contributed by atoms with Crippen LogP contribution in [-0.2, 0) is 0 Å². The molecule has 0 N–H and O–H groups in total. The van der Waals surface area contributed by atoms with Gasteiger partial charge in [0.25, 0.3) is 5.91 Å². The lowest BCUT2D eigenvalue weighted by molar-refractivity contribution is 0.0974. The zero-order valence-electron chi connectivity index (χ0n) is 11.5. The maximum atomic E-state index is 12.4. The highest BCUT2D eigenvalue weighted by atomic mass is 35.5. The Hall–Kier alpha value is -2.83. The number of benzene rings is 2. The molecular formula is C18H11ClN2O. The van der Waals surface area contributed by atoms with E-state index < -0.39 is 0 Å². The van der Waals surface area contributed by atoms with E-state index >= 15 is 0 Å². The molecule has 3 aromatic rings. The lowest BCUT2D eigenvalue weighted by Crippen LogP contribution is -2.05. The van der Waals surface area contributed by atoms with Crippen molar-refractivity contribution in [3.05, 3.63) is 77.0 Å². The molecule has 0 fully saturated rings. The fraction of sp³-hybridized carbons (Fsp3) is 0. The molecule has 0 unspecified atom stereocenters. The minimum Gasteiger partial charge on any atom is -0.282 e. The molecule has 2 aromatic carbocycles. The van der Waals surface area contributed by atoms with Gasteiger partial charge in [-0.3, -0.25) is 9.36 Å². The third-order valence-corrected chi connectivity index (χ3v) is 3.61. The Labute approximate surface area is 132 Å². The van der Waals surface area contributed by atoms with Crippen LogP contribution in [0.2, 0.25) is 5.02 Å². The zero-order chi connectivity index (χ0) is 15.5. The van der Waals surface area contributed by atoms with Crippen LogP contribution in [0.4, 0.5) is 0 Å². The number of carbonyl (C=O) groups excluding carboxylic acids is 1. The second kappa shape index (κ2) is 5.88. The Morgan fingerprint density at radius 3 is 2.59 bits per heavy atom. The van der Waals surface area contributed by atoms with Gasteiger partial charge in [-0.15, -0.1) is 0 Å². The Bertz CT molecular complexity index is 914. The van der Waals surface area contributed by atoms with Gasteiger partial charge in [-0.2, -0.15) is 5.26 Å². The Morgan fingerprint density at radius 2 is 1.86 bits per heavy atom. The summed E-state index contributed by atoms with van der Waals surface area (Å²) in [5.41, 5.74) is 2.10. The van der Waals surface area contributed by atoms with Crippen LogP contribution in [-0.4, -0.2) is 10.5 Å². The highest BCUT2D eigenvalue weighted by molar-refractivity contribution is 6.30. The predicted octanol–water partition coefficient (Wildman–Crippen LogP) is 4.52. The molecule has 0 spiro atoms. The quantitative estimate of drug-likeness (QED) is 0.653. The number of halogens is 1. The number of hydrogen-bond donors (Lipinski definition) is 0. The highest BCUT2D eigenvalue weighted by Crippen LogP contribution is 2.20. The van der Waals surface area contributed by atoms with Crippen molar-refractivity contribution in [1.29, 1.82) is 5.26 Å². The molecule has 1 aromatic heterocycles. The summed E-state index contributed by atoms with van der Waals surface area (Å²) in [7, 11) is 0. The standard InChI is InChI=1S/C18H11ClN2O/c19-15-8-5-13(6-9-15)7-10-18(22)21-12-14(11-20)16-3-1-2-4-17(16)21/h1-10,12H/b10-7+. The van der Waals surface area contributed by atoms with Gasteiger partial charge < -0.3 is 0 Å². The van der Waals surface area contributed by atoms with Crippen LogP contribution >= 0.6 is 11.6 Å². The van der Waals surface area contributed by atoms with Gasteiger partial charge in [-0.05, 0) is 29.8 Å². The number of aromatic nitrogens is 1. The molecule has 0 bridgehead atoms. The van der Waals surface area contributed by atoms with Gasteiger partial charge in [0, 0.05) is 22.7 Å². The smallest absolute Gasteiger partial charge is 0.255 e. The normalized spacial score (nSPS) is 10.9. The average molecular weight is 307 g/mol. The molecule has 22 heavy (non-hydrogen) atoms. The van der Waals surface area contributed by atoms with Crippen molar-refractivity contribution in [2.75, 3.05) is 0 Å². The van der Waals surface area contributed by atoms with Crippen LogP contribution < -0.4 is 0 Å². The second-order valence-electron chi connectivity index (χ2n) is 4.76. The van der Waals surface area contributed by atoms with Crippen LogP contribution in [0.3, 0.4) is 0 Å². The molecule has 3 rings (SSSR count). The summed E-state index contributed by atoms with van der Waals surface area (Å²) in [5, 5.41) is 10.6. The van der Waals surface area contributed by atoms with Crippen LogP contribution in [0, 0.1) is 11.3 Å². The molecule has 0 radical (unpaired) electrons. The van der Waals surface area contributed by atoms with Gasteiger partial charge in [0.05, 0.1) is 11.1 Å². The fourth-order valence-corrected chi connectivity index (χ4v) is 2.40. The summed E-state index contributed by atoms with van der Waals surface area (Å²) < 4.78 is 1.49. The van der Waals surface area contributed by atoms with Gasteiger partial charge in [0.15, 0.2) is 0 Å². The molecule has 0 aliphatic rings. The third-order valence-electron chi connectivity index (χ3n) is 3.36. The van der Waals surface area contributed by atoms with Crippen molar-refractivity contribution < 1.29 is 4.79 Å². The van der Waals surface area contributed by atoms with Gasteiger partial charge >= 0.3 is 0 Å². The van der Waals surface area contributed by atoms with Gasteiger partial charge in [-0.1, -0.05) is 41.9 Å². The first-order valence-electron chi connectivity index (χ1n) is 6.67. The Kier molecular flexibility index (Phi) is 3.78. The highest BCUT2D eigenvalue weighted by Gasteiger charge is 2.10. The zero-order valence-corrected chi connectivity index (χ0v) is 12.3. The van der Waals surface area contributed by atoms with E-state index in [1.807, 2.05) is 36.4 Å². The van der Waals surface area contributed by atoms with E-state index in [0.29, 0.717) is 10.6 Å². The predicted molar refractivity (Wildman–Crippen MR) is 87.8 cm³/mol. The monoisotopic (exact) mass is 306 g/mol. The molecule has 0 amide bonds. The first-order chi connectivity index (χ1) is 10.7. The third kappa shape index (κ3) is 2.65. The molecule has 0 atom stereocenters. The van der Waals surface area contributed by atoms with Crippen molar-refractivity contribution in [3.63, 3.8) is 0 Å². The summed E-state index contributed by atoms with van der Waals surface area (Å²) in [6, 6.07) is 16.7. The van der Waals surface area contributed by atoms with E-state index in [0.717, 1.165) is 16.5 Å². The second-order valence-corrected chi connectivity index (χ2v) is 5.20. The van der Waals surface area contributed by atoms with Crippen LogP contribution in [0.5, 0.6) is 0 Å². The number of fused-ring (bicyclic) bond motifs is 1. The van der Waals surface area contributed by atoms with Crippen LogP contribution in [0.25, 0.3) is 17.0 Å². The van der Waals surface area contributed by atoms with Crippen LogP contribution in [0.15, 0.2) is 60.8 Å². The van der Waals surface area contributed by atoms with Crippen LogP contribution in [0.1, 0.15) is 15.9 Å². The summed E-state index contributed by atoms with van der Waals surface area (Å²) >= 11 is 5.83. The maximum Gasteiger partial charge on any atom is 0.255 e. The van der Waals surface area contributed by atoms with Gasteiger partial charge in [0.2, 0.25) is 0 Å². The Morgan fingerprint density at radius 1 is 1.14 bits per heavy atom. The molecular weight excluding hydrogens is 296 g/mol. The fourth-order valence-electron chi connectivity index (χ4n) is 2.27. The SMILES string of the molecule is N#Cc1cn(C(=O)/C=C/c2ccc(Cl)cc2)c2ccccc12. The van der Waals surface area contributed by atoms with E-state index in [1.165, 1.54) is 10.6 Å². The van der Waals surface area contributed by atoms with Gasteiger partial charge in [0.1, 0.15) is 6.07 Å². The molecule has 0 saturated heterocycles. The number of rotatable bonds is 2. The number of hydrogen-bond acceptors (Lipinski definition) is 2. The van der Waals surface area contributed by atoms with Crippen molar-refractivity contribution >= 4 is 34.5 Å². The number of nitrogens with zero attached hydrogens (tertiary/aromatic N) is 2. The number of allylic oxidation sites excluding steroid dienone is 1. The molecule has 0 saturated carbocycles. The van der Waals surface area contributed by atoms with E-state index in [9.17, 15) is 4.79 Å². The number of para-hydroxylation sites is 1. The Balaban J connectivity index is 1.96. The topological polar surface area (TPSA) is 45.8 Å². The van der Waals surface area contributed by atoms with E-state index in [2.05, 4.69) is 6.07 Å². The van der Waals surface area contributed by atoms with Crippen molar-refractivity contribution in [2.45, 2.75) is 0 Å². The molecule has 0 aliphatic carbocycles. The summed E-state index contributed by atoms with van der Waals surface area (Å²) in [6.45, 7) is 0. The summed E-state index contributed by atoms with van der Waals surface area (Å²) in [4.78, 5) is 12.4. The molecule has 3 nitrogen and oxygen atoms in total. The minimum absolute atomic E-state index is 0.201. The number of nitriles is 1. The average Bonchev–Trinajstić information content (AvgIpc) is 2.93. The molecule has 4 heteroatoms. The molecule has 0 aliphatic heterocycles. The van der Waals surface area contributed by atoms with Crippen molar-refractivity contribution in [2.24, 2.45) is 0 Å². The maximum absolute atomic E-state index is 12.4. The van der Waals surface area contributed by atoms with Crippen molar-refractivity contribution in [3.8, 4) is 6.07 Å². The first kappa shape index (κ1) is 14.1. The van der Waals surface area contributed by atoms with E-state index in [1.54, 1.807) is 24.4 Å². The van der Waals surface area contributed by atoms with Crippen molar-refractivity contribution in [1.82, 2.24) is 4.57 Å². The van der Waals surface area contributed by atoms with E-state index in [-0.39, 0.29) is 5.91 Å². The lowest BCUT2D eigenvalue weighted by Gasteiger charge is -1.99. The summed E-state index contributed by atoms with van der Waals surface area (Å²) in [6.07, 6.45) is 4.77.